The first-order valence-corrected chi connectivity index (χ1v) is 6.63. The number of hydrogen-bond donors (Lipinski definition) is 1. The van der Waals surface area contributed by atoms with E-state index in [0.717, 1.165) is 0 Å². The molecule has 2 aromatic heterocycles. The zero-order chi connectivity index (χ0) is 13.3. The molecule has 2 aromatic rings. The number of amides is 1. The predicted molar refractivity (Wildman–Crippen MR) is 72.2 cm³/mol. The van der Waals surface area contributed by atoms with Crippen LogP contribution in [0.3, 0.4) is 0 Å². The lowest BCUT2D eigenvalue weighted by Gasteiger charge is -2.08. The fourth-order valence-electron chi connectivity index (χ4n) is 1.69. The Morgan fingerprint density at radius 3 is 2.94 bits per heavy atom. The number of aryl methyl sites for hydroxylation is 1. The van der Waals surface area contributed by atoms with Crippen molar-refractivity contribution in [3.63, 3.8) is 0 Å². The van der Waals surface area contributed by atoms with Gasteiger partial charge in [0.2, 0.25) is 5.91 Å². The molecule has 0 aromatic carbocycles. The van der Waals surface area contributed by atoms with Crippen molar-refractivity contribution in [1.82, 2.24) is 9.38 Å². The molecule has 18 heavy (non-hydrogen) atoms. The summed E-state index contributed by atoms with van der Waals surface area (Å²) in [6, 6.07) is 0. The number of carbonyl (C=O) groups excluding carboxylic acids is 1. The Hall–Kier alpha value is -1.69. The van der Waals surface area contributed by atoms with Crippen LogP contribution in [0, 0.1) is 12.8 Å². The average molecular weight is 265 g/mol. The van der Waals surface area contributed by atoms with Crippen molar-refractivity contribution < 1.29 is 4.79 Å². The largest absolute Gasteiger partial charge is 0.320 e. The van der Waals surface area contributed by atoms with Gasteiger partial charge in [-0.2, -0.15) is 0 Å². The molecule has 0 atom stereocenters. The number of anilines is 1. The molecule has 0 aliphatic rings. The molecule has 5 nitrogen and oxygen atoms in total. The molecule has 0 radical (unpaired) electrons. The molecule has 2 heterocycles. The fourth-order valence-corrected chi connectivity index (χ4v) is 2.44. The number of thiazole rings is 1. The standard InChI is InChI=1S/C12H15N3O2S/c1-7(2)6-9(16)14-10-8(3)13-12-15(11(10)17)4-5-18-12/h4-5,7H,6H2,1-3H3,(H,14,16). The van der Waals surface area contributed by atoms with Crippen molar-refractivity contribution in [2.45, 2.75) is 27.2 Å². The summed E-state index contributed by atoms with van der Waals surface area (Å²) < 4.78 is 1.45. The van der Waals surface area contributed by atoms with Crippen LogP contribution in [0.15, 0.2) is 16.4 Å². The Morgan fingerprint density at radius 1 is 1.56 bits per heavy atom. The van der Waals surface area contributed by atoms with E-state index in [1.54, 1.807) is 18.5 Å². The van der Waals surface area contributed by atoms with Crippen LogP contribution in [0.4, 0.5) is 5.69 Å². The second-order valence-corrected chi connectivity index (χ2v) is 5.45. The summed E-state index contributed by atoms with van der Waals surface area (Å²) in [6.07, 6.45) is 2.05. The number of nitrogens with zero attached hydrogens (tertiary/aromatic N) is 2. The van der Waals surface area contributed by atoms with Crippen LogP contribution in [0.2, 0.25) is 0 Å². The van der Waals surface area contributed by atoms with Gasteiger partial charge in [-0.15, -0.1) is 11.3 Å². The third-order valence-electron chi connectivity index (χ3n) is 2.51. The SMILES string of the molecule is Cc1nc2sccn2c(=O)c1NC(=O)CC(C)C. The van der Waals surface area contributed by atoms with Crippen LogP contribution in [-0.4, -0.2) is 15.3 Å². The second kappa shape index (κ2) is 4.89. The highest BCUT2D eigenvalue weighted by atomic mass is 32.1. The quantitative estimate of drug-likeness (QED) is 0.923. The van der Waals surface area contributed by atoms with Gasteiger partial charge >= 0.3 is 0 Å². The molecular formula is C12H15N3O2S. The van der Waals surface area contributed by atoms with Crippen LogP contribution in [0.5, 0.6) is 0 Å². The maximum atomic E-state index is 12.1. The van der Waals surface area contributed by atoms with Gasteiger partial charge in [0, 0.05) is 18.0 Å². The highest BCUT2D eigenvalue weighted by molar-refractivity contribution is 7.15. The van der Waals surface area contributed by atoms with Crippen molar-refractivity contribution in [2.24, 2.45) is 5.92 Å². The van der Waals surface area contributed by atoms with E-state index in [1.807, 2.05) is 13.8 Å². The molecule has 0 fully saturated rings. The lowest BCUT2D eigenvalue weighted by molar-refractivity contribution is -0.116. The smallest absolute Gasteiger partial charge is 0.282 e. The summed E-state index contributed by atoms with van der Waals surface area (Å²) in [5.74, 6) is 0.105. The molecule has 6 heteroatoms. The van der Waals surface area contributed by atoms with E-state index in [0.29, 0.717) is 17.1 Å². The van der Waals surface area contributed by atoms with E-state index >= 15 is 0 Å². The van der Waals surface area contributed by atoms with Crippen LogP contribution >= 0.6 is 11.3 Å². The van der Waals surface area contributed by atoms with E-state index in [4.69, 9.17) is 0 Å². The lowest BCUT2D eigenvalue weighted by Crippen LogP contribution is -2.24. The van der Waals surface area contributed by atoms with E-state index in [9.17, 15) is 9.59 Å². The molecule has 0 aliphatic carbocycles. The van der Waals surface area contributed by atoms with Gasteiger partial charge in [-0.3, -0.25) is 14.0 Å². The topological polar surface area (TPSA) is 63.5 Å². The van der Waals surface area contributed by atoms with Crippen molar-refractivity contribution >= 4 is 27.9 Å². The van der Waals surface area contributed by atoms with Gasteiger partial charge in [0.15, 0.2) is 4.96 Å². The molecule has 2 rings (SSSR count). The summed E-state index contributed by atoms with van der Waals surface area (Å²) in [6.45, 7) is 5.64. The summed E-state index contributed by atoms with van der Waals surface area (Å²) in [5, 5.41) is 4.46. The highest BCUT2D eigenvalue weighted by Crippen LogP contribution is 2.13. The Kier molecular flexibility index (Phi) is 3.47. The summed E-state index contributed by atoms with van der Waals surface area (Å²) in [5.41, 5.74) is 0.604. The normalized spacial score (nSPS) is 11.1. The second-order valence-electron chi connectivity index (χ2n) is 4.58. The average Bonchev–Trinajstić information content (AvgIpc) is 2.71. The van der Waals surface area contributed by atoms with Crippen molar-refractivity contribution in [3.8, 4) is 0 Å². The first kappa shape index (κ1) is 12.8. The molecule has 0 aliphatic heterocycles. The summed E-state index contributed by atoms with van der Waals surface area (Å²) in [7, 11) is 0. The molecule has 1 amide bonds. The van der Waals surface area contributed by atoms with Crippen molar-refractivity contribution in [2.75, 3.05) is 5.32 Å². The predicted octanol–water partition coefficient (Wildman–Crippen LogP) is 2.05. The van der Waals surface area contributed by atoms with Gasteiger partial charge in [0.05, 0.1) is 5.69 Å². The van der Waals surface area contributed by atoms with Crippen molar-refractivity contribution in [1.29, 1.82) is 0 Å². The minimum atomic E-state index is -0.226. The van der Waals surface area contributed by atoms with Crippen LogP contribution in [0.1, 0.15) is 26.0 Å². The molecule has 0 spiro atoms. The first-order chi connectivity index (χ1) is 8.49. The molecule has 96 valence electrons. The van der Waals surface area contributed by atoms with Gasteiger partial charge in [-0.25, -0.2) is 4.98 Å². The minimum Gasteiger partial charge on any atom is -0.320 e. The molecular weight excluding hydrogens is 250 g/mol. The molecule has 1 N–H and O–H groups in total. The number of rotatable bonds is 3. The van der Waals surface area contributed by atoms with Gasteiger partial charge in [0.25, 0.3) is 5.56 Å². The third-order valence-corrected chi connectivity index (χ3v) is 3.26. The van der Waals surface area contributed by atoms with Gasteiger partial charge in [0.1, 0.15) is 5.69 Å². The zero-order valence-corrected chi connectivity index (χ0v) is 11.4. The van der Waals surface area contributed by atoms with E-state index < -0.39 is 0 Å². The van der Waals surface area contributed by atoms with Crippen molar-refractivity contribution in [3.05, 3.63) is 27.6 Å². The Balaban J connectivity index is 2.38. The molecule has 0 saturated carbocycles. The maximum absolute atomic E-state index is 12.1. The monoisotopic (exact) mass is 265 g/mol. The Morgan fingerprint density at radius 2 is 2.28 bits per heavy atom. The van der Waals surface area contributed by atoms with Crippen LogP contribution < -0.4 is 10.9 Å². The first-order valence-electron chi connectivity index (χ1n) is 5.75. The molecule has 0 saturated heterocycles. The number of hydrogen-bond acceptors (Lipinski definition) is 4. The lowest BCUT2D eigenvalue weighted by atomic mass is 10.1. The summed E-state index contributed by atoms with van der Waals surface area (Å²) in [4.78, 5) is 28.8. The van der Waals surface area contributed by atoms with E-state index in [1.165, 1.54) is 15.7 Å². The highest BCUT2D eigenvalue weighted by Gasteiger charge is 2.13. The minimum absolute atomic E-state index is 0.151. The van der Waals surface area contributed by atoms with Gasteiger partial charge in [-0.05, 0) is 12.8 Å². The number of fused-ring (bicyclic) bond motifs is 1. The van der Waals surface area contributed by atoms with Gasteiger partial charge in [-0.1, -0.05) is 13.8 Å². The molecule has 0 bridgehead atoms. The number of aromatic nitrogens is 2. The zero-order valence-electron chi connectivity index (χ0n) is 10.6. The fraction of sp³-hybridized carbons (Fsp3) is 0.417. The number of carbonyl (C=O) groups is 1. The Bertz CT molecular complexity index is 642. The van der Waals surface area contributed by atoms with E-state index in [2.05, 4.69) is 10.3 Å². The van der Waals surface area contributed by atoms with Crippen LogP contribution in [0.25, 0.3) is 4.96 Å². The number of nitrogens with one attached hydrogen (secondary N) is 1. The van der Waals surface area contributed by atoms with Crippen LogP contribution in [-0.2, 0) is 4.79 Å². The van der Waals surface area contributed by atoms with Gasteiger partial charge < -0.3 is 5.32 Å². The van der Waals surface area contributed by atoms with E-state index in [-0.39, 0.29) is 23.1 Å². The third kappa shape index (κ3) is 2.43. The molecule has 0 unspecified atom stereocenters. The Labute approximate surface area is 108 Å². The summed E-state index contributed by atoms with van der Waals surface area (Å²) >= 11 is 1.39. The maximum Gasteiger partial charge on any atom is 0.282 e.